The van der Waals surface area contributed by atoms with Crippen molar-refractivity contribution in [3.63, 3.8) is 0 Å². The molecule has 0 spiro atoms. The third-order valence-corrected chi connectivity index (χ3v) is 5.69. The molecule has 0 aliphatic rings. The van der Waals surface area contributed by atoms with Gasteiger partial charge in [0.05, 0.1) is 20.1 Å². The lowest BCUT2D eigenvalue weighted by Gasteiger charge is -2.17. The molecule has 1 aromatic heterocycles. The van der Waals surface area contributed by atoms with Gasteiger partial charge < -0.3 is 13.9 Å². The summed E-state index contributed by atoms with van der Waals surface area (Å²) in [6, 6.07) is 17.9. The second-order valence-corrected chi connectivity index (χ2v) is 7.56. The van der Waals surface area contributed by atoms with Crippen molar-refractivity contribution in [3.8, 4) is 5.75 Å². The monoisotopic (exact) mass is 430 g/mol. The minimum absolute atomic E-state index is 0.144. The second kappa shape index (κ2) is 8.67. The Morgan fingerprint density at radius 2 is 1.72 bits per heavy atom. The molecule has 0 aliphatic carbocycles. The SMILES string of the molecule is COC(=O)[C@@H](CC(=O)c1ccc2ccccc2c1)c1cc(=O)oc2c(C)c(OC)ccc12. The molecule has 3 aromatic carbocycles. The molecule has 0 radical (unpaired) electrons. The molecule has 4 rings (SSSR count). The van der Waals surface area contributed by atoms with Gasteiger partial charge in [0.1, 0.15) is 11.3 Å². The first-order valence-electron chi connectivity index (χ1n) is 10.1. The topological polar surface area (TPSA) is 82.8 Å². The molecule has 0 amide bonds. The van der Waals surface area contributed by atoms with Crippen molar-refractivity contribution in [2.24, 2.45) is 0 Å². The molecule has 0 saturated heterocycles. The van der Waals surface area contributed by atoms with Crippen LogP contribution in [0, 0.1) is 6.92 Å². The number of ether oxygens (including phenoxy) is 2. The zero-order valence-electron chi connectivity index (χ0n) is 18.0. The van der Waals surface area contributed by atoms with E-state index < -0.39 is 17.5 Å². The van der Waals surface area contributed by atoms with Crippen LogP contribution in [0.2, 0.25) is 0 Å². The first kappa shape index (κ1) is 21.3. The highest BCUT2D eigenvalue weighted by molar-refractivity contribution is 6.03. The molecular weight excluding hydrogens is 408 g/mol. The number of carbonyl (C=O) groups excluding carboxylic acids is 2. The summed E-state index contributed by atoms with van der Waals surface area (Å²) in [6.07, 6.45) is -0.144. The standard InChI is InChI=1S/C26H22O6/c1-15-23(30-2)11-10-19-20(14-24(28)32-25(15)19)21(26(29)31-3)13-22(27)18-9-8-16-6-4-5-7-17(16)12-18/h4-12,14,21H,13H2,1-3H3/t21-/m0/s1. The maximum atomic E-state index is 13.2. The highest BCUT2D eigenvalue weighted by atomic mass is 16.5. The van der Waals surface area contributed by atoms with Crippen molar-refractivity contribution in [2.75, 3.05) is 14.2 Å². The maximum Gasteiger partial charge on any atom is 0.336 e. The van der Waals surface area contributed by atoms with Crippen molar-refractivity contribution < 1.29 is 23.5 Å². The smallest absolute Gasteiger partial charge is 0.336 e. The lowest BCUT2D eigenvalue weighted by molar-refractivity contribution is -0.142. The molecule has 0 bridgehead atoms. The average Bonchev–Trinajstić information content (AvgIpc) is 2.81. The molecule has 0 saturated carbocycles. The Bertz CT molecular complexity index is 1400. The van der Waals surface area contributed by atoms with Crippen LogP contribution in [0.25, 0.3) is 21.7 Å². The lowest BCUT2D eigenvalue weighted by atomic mass is 9.89. The molecule has 6 nitrogen and oxygen atoms in total. The molecule has 1 atom stereocenters. The van der Waals surface area contributed by atoms with E-state index in [4.69, 9.17) is 13.9 Å². The summed E-state index contributed by atoms with van der Waals surface area (Å²) in [7, 11) is 2.79. The van der Waals surface area contributed by atoms with Crippen molar-refractivity contribution in [1.29, 1.82) is 0 Å². The van der Waals surface area contributed by atoms with Gasteiger partial charge in [-0.05, 0) is 41.5 Å². The molecule has 0 fully saturated rings. The fourth-order valence-electron chi connectivity index (χ4n) is 4.01. The zero-order chi connectivity index (χ0) is 22.8. The highest BCUT2D eigenvalue weighted by Crippen LogP contribution is 2.33. The number of benzene rings is 3. The van der Waals surface area contributed by atoms with Gasteiger partial charge in [-0.2, -0.15) is 0 Å². The van der Waals surface area contributed by atoms with E-state index in [1.165, 1.54) is 20.3 Å². The number of hydrogen-bond donors (Lipinski definition) is 0. The third-order valence-electron chi connectivity index (χ3n) is 5.69. The van der Waals surface area contributed by atoms with Crippen molar-refractivity contribution in [2.45, 2.75) is 19.3 Å². The van der Waals surface area contributed by atoms with Crippen LogP contribution >= 0.6 is 0 Å². The Morgan fingerprint density at radius 1 is 0.969 bits per heavy atom. The van der Waals surface area contributed by atoms with Gasteiger partial charge in [0.15, 0.2) is 5.78 Å². The quantitative estimate of drug-likeness (QED) is 0.248. The van der Waals surface area contributed by atoms with E-state index in [1.54, 1.807) is 31.2 Å². The maximum absolute atomic E-state index is 13.2. The predicted octanol–water partition coefficient (Wildman–Crippen LogP) is 4.79. The summed E-state index contributed by atoms with van der Waals surface area (Å²) in [6.45, 7) is 1.77. The number of methoxy groups -OCH3 is 2. The Labute approximate surface area is 184 Å². The predicted molar refractivity (Wildman–Crippen MR) is 121 cm³/mol. The highest BCUT2D eigenvalue weighted by Gasteiger charge is 2.28. The molecular formula is C26H22O6. The summed E-state index contributed by atoms with van der Waals surface area (Å²) in [5.74, 6) is -1.23. The van der Waals surface area contributed by atoms with E-state index in [2.05, 4.69) is 0 Å². The van der Waals surface area contributed by atoms with Gasteiger partial charge in [-0.1, -0.05) is 36.4 Å². The summed E-state index contributed by atoms with van der Waals surface area (Å²) in [5.41, 5.74) is 1.22. The number of carbonyl (C=O) groups is 2. The summed E-state index contributed by atoms with van der Waals surface area (Å²) < 4.78 is 15.7. The van der Waals surface area contributed by atoms with Crippen LogP contribution in [0.1, 0.15) is 33.8 Å². The molecule has 0 unspecified atom stereocenters. The second-order valence-electron chi connectivity index (χ2n) is 7.56. The van der Waals surface area contributed by atoms with Crippen LogP contribution in [0.5, 0.6) is 5.75 Å². The van der Waals surface area contributed by atoms with Gasteiger partial charge in [-0.3, -0.25) is 9.59 Å². The molecule has 6 heteroatoms. The summed E-state index contributed by atoms with van der Waals surface area (Å²) in [4.78, 5) is 38.2. The number of fused-ring (bicyclic) bond motifs is 2. The summed E-state index contributed by atoms with van der Waals surface area (Å²) >= 11 is 0. The van der Waals surface area contributed by atoms with E-state index in [-0.39, 0.29) is 12.2 Å². The molecule has 0 N–H and O–H groups in total. The van der Waals surface area contributed by atoms with E-state index in [0.29, 0.717) is 33.4 Å². The van der Waals surface area contributed by atoms with E-state index in [1.807, 2.05) is 30.3 Å². The third kappa shape index (κ3) is 3.87. The molecule has 4 aromatic rings. The van der Waals surface area contributed by atoms with E-state index >= 15 is 0 Å². The van der Waals surface area contributed by atoms with Crippen LogP contribution in [0.3, 0.4) is 0 Å². The van der Waals surface area contributed by atoms with Crippen LogP contribution < -0.4 is 10.4 Å². The Morgan fingerprint density at radius 3 is 2.44 bits per heavy atom. The van der Waals surface area contributed by atoms with Crippen LogP contribution in [-0.4, -0.2) is 26.0 Å². The van der Waals surface area contributed by atoms with Gasteiger partial charge in [0, 0.05) is 29.0 Å². The first-order chi connectivity index (χ1) is 15.4. The van der Waals surface area contributed by atoms with Gasteiger partial charge in [0.2, 0.25) is 0 Å². The van der Waals surface area contributed by atoms with Crippen LogP contribution in [-0.2, 0) is 9.53 Å². The van der Waals surface area contributed by atoms with Crippen LogP contribution in [0.4, 0.5) is 0 Å². The number of aryl methyl sites for hydroxylation is 1. The first-order valence-corrected chi connectivity index (χ1v) is 10.1. The Balaban J connectivity index is 1.79. The minimum atomic E-state index is -0.960. The van der Waals surface area contributed by atoms with Crippen molar-refractivity contribution in [1.82, 2.24) is 0 Å². The number of hydrogen-bond acceptors (Lipinski definition) is 6. The van der Waals surface area contributed by atoms with Gasteiger partial charge in [-0.15, -0.1) is 0 Å². The number of esters is 1. The molecule has 162 valence electrons. The lowest BCUT2D eigenvalue weighted by Crippen LogP contribution is -2.20. The summed E-state index contributed by atoms with van der Waals surface area (Å²) in [5, 5.41) is 2.51. The van der Waals surface area contributed by atoms with Crippen molar-refractivity contribution in [3.05, 3.63) is 87.8 Å². The van der Waals surface area contributed by atoms with Crippen LogP contribution in [0.15, 0.2) is 69.9 Å². The molecule has 32 heavy (non-hydrogen) atoms. The molecule has 1 heterocycles. The number of Topliss-reactive ketones (excluding diaryl/α,β-unsaturated/α-hetero) is 1. The van der Waals surface area contributed by atoms with E-state index in [0.717, 1.165) is 10.8 Å². The Hall–Kier alpha value is -3.93. The van der Waals surface area contributed by atoms with Gasteiger partial charge in [0.25, 0.3) is 0 Å². The largest absolute Gasteiger partial charge is 0.496 e. The number of ketones is 1. The molecule has 0 aliphatic heterocycles. The average molecular weight is 430 g/mol. The fourth-order valence-corrected chi connectivity index (χ4v) is 4.01. The fraction of sp³-hybridized carbons (Fsp3) is 0.192. The van der Waals surface area contributed by atoms with E-state index in [9.17, 15) is 14.4 Å². The van der Waals surface area contributed by atoms with Gasteiger partial charge in [-0.25, -0.2) is 4.79 Å². The van der Waals surface area contributed by atoms with Gasteiger partial charge >= 0.3 is 11.6 Å². The Kier molecular flexibility index (Phi) is 5.77. The number of rotatable bonds is 6. The van der Waals surface area contributed by atoms with Crippen molar-refractivity contribution >= 4 is 33.5 Å². The zero-order valence-corrected chi connectivity index (χ0v) is 18.0. The minimum Gasteiger partial charge on any atom is -0.496 e. The normalized spacial score (nSPS) is 12.0.